The molecule has 1 heterocycles. The summed E-state index contributed by atoms with van der Waals surface area (Å²) in [7, 11) is 0. The Morgan fingerprint density at radius 2 is 2.10 bits per heavy atom. The van der Waals surface area contributed by atoms with Crippen LogP contribution in [-0.4, -0.2) is 17.3 Å². The maximum atomic E-state index is 6.26. The second-order valence-corrected chi connectivity index (χ2v) is 6.17. The molecule has 1 aromatic carbocycles. The number of hydrogen-bond acceptors (Lipinski definition) is 2. The molecule has 0 atom stereocenters. The molecule has 2 N–H and O–H groups in total. The number of nitrogens with one attached hydrogen (secondary N) is 2. The first kappa shape index (κ1) is 15.9. The molecule has 0 saturated heterocycles. The fourth-order valence-corrected chi connectivity index (χ4v) is 2.70. The molecule has 1 aliphatic rings. The van der Waals surface area contributed by atoms with E-state index in [0.29, 0.717) is 16.7 Å². The third-order valence-electron chi connectivity index (χ3n) is 2.94. The number of hydrogen-bond donors (Lipinski definition) is 2. The zero-order valence-electron chi connectivity index (χ0n) is 12.4. The summed E-state index contributed by atoms with van der Waals surface area (Å²) < 4.78 is 5.42. The van der Waals surface area contributed by atoms with Gasteiger partial charge in [0.25, 0.3) is 0 Å². The van der Waals surface area contributed by atoms with Crippen LogP contribution >= 0.6 is 23.8 Å². The molecule has 2 rings (SSSR count). The first-order valence-electron chi connectivity index (χ1n) is 6.82. The van der Waals surface area contributed by atoms with Crippen molar-refractivity contribution in [1.29, 1.82) is 0 Å². The molecule has 0 radical (unpaired) electrons. The van der Waals surface area contributed by atoms with Crippen LogP contribution in [0.3, 0.4) is 0 Å². The van der Waals surface area contributed by atoms with Crippen LogP contribution in [0, 0.1) is 0 Å². The zero-order chi connectivity index (χ0) is 15.5. The van der Waals surface area contributed by atoms with E-state index in [4.69, 9.17) is 28.6 Å². The van der Waals surface area contributed by atoms with E-state index in [-0.39, 0.29) is 5.54 Å². The Morgan fingerprint density at radius 3 is 2.71 bits per heavy atom. The summed E-state index contributed by atoms with van der Waals surface area (Å²) in [5.41, 5.74) is 1.73. The van der Waals surface area contributed by atoms with Gasteiger partial charge >= 0.3 is 0 Å². The third-order valence-corrected chi connectivity index (χ3v) is 3.47. The van der Waals surface area contributed by atoms with E-state index in [9.17, 15) is 0 Å². The molecule has 112 valence electrons. The van der Waals surface area contributed by atoms with Crippen LogP contribution in [0.15, 0.2) is 36.0 Å². The Labute approximate surface area is 136 Å². The van der Waals surface area contributed by atoms with Crippen LogP contribution in [0.2, 0.25) is 5.02 Å². The molecular weight excluding hydrogens is 304 g/mol. The van der Waals surface area contributed by atoms with E-state index in [1.54, 1.807) is 0 Å². The van der Waals surface area contributed by atoms with Crippen LogP contribution in [0.5, 0.6) is 5.75 Å². The minimum Gasteiger partial charge on any atom is -0.494 e. The molecule has 1 aromatic rings. The zero-order valence-corrected chi connectivity index (χ0v) is 13.9. The number of thiocarbonyl (C=S) groups is 1. The lowest BCUT2D eigenvalue weighted by Gasteiger charge is -2.30. The fraction of sp³-hybridized carbons (Fsp3) is 0.312. The highest BCUT2D eigenvalue weighted by Gasteiger charge is 2.20. The summed E-state index contributed by atoms with van der Waals surface area (Å²) in [5, 5.41) is 7.59. The van der Waals surface area contributed by atoms with E-state index in [1.165, 1.54) is 0 Å². The van der Waals surface area contributed by atoms with Crippen LogP contribution in [-0.2, 0) is 0 Å². The lowest BCUT2D eigenvalue weighted by Crippen LogP contribution is -2.51. The number of benzene rings is 1. The smallest absolute Gasteiger partial charge is 0.171 e. The molecule has 0 fully saturated rings. The molecular formula is C16H19ClN2OS. The first-order valence-corrected chi connectivity index (χ1v) is 7.61. The van der Waals surface area contributed by atoms with Gasteiger partial charge in [0, 0.05) is 5.70 Å². The highest BCUT2D eigenvalue weighted by Crippen LogP contribution is 2.24. The molecule has 0 unspecified atom stereocenters. The minimum absolute atomic E-state index is 0.162. The van der Waals surface area contributed by atoms with Crippen molar-refractivity contribution in [2.45, 2.75) is 26.3 Å². The highest BCUT2D eigenvalue weighted by molar-refractivity contribution is 7.80. The maximum absolute atomic E-state index is 6.26. The van der Waals surface area contributed by atoms with Crippen molar-refractivity contribution >= 4 is 35.0 Å². The highest BCUT2D eigenvalue weighted by atomic mass is 35.5. The van der Waals surface area contributed by atoms with Gasteiger partial charge in [-0.05, 0) is 68.9 Å². The van der Waals surface area contributed by atoms with Crippen molar-refractivity contribution in [3.63, 3.8) is 0 Å². The van der Waals surface area contributed by atoms with Crippen LogP contribution in [0.1, 0.15) is 26.3 Å². The molecule has 5 heteroatoms. The summed E-state index contributed by atoms with van der Waals surface area (Å²) in [6.07, 6.45) is 6.01. The van der Waals surface area contributed by atoms with Gasteiger partial charge < -0.3 is 15.4 Å². The Kier molecular flexibility index (Phi) is 4.91. The number of halogens is 1. The predicted octanol–water partition coefficient (Wildman–Crippen LogP) is 3.89. The van der Waals surface area contributed by atoms with Crippen molar-refractivity contribution < 1.29 is 4.74 Å². The Balaban J connectivity index is 2.18. The molecule has 21 heavy (non-hydrogen) atoms. The van der Waals surface area contributed by atoms with Crippen molar-refractivity contribution in [2.24, 2.45) is 0 Å². The molecule has 0 aliphatic carbocycles. The monoisotopic (exact) mass is 322 g/mol. The molecule has 0 bridgehead atoms. The predicted molar refractivity (Wildman–Crippen MR) is 92.7 cm³/mol. The van der Waals surface area contributed by atoms with Gasteiger partial charge in [0.1, 0.15) is 5.75 Å². The second kappa shape index (κ2) is 6.50. The summed E-state index contributed by atoms with van der Waals surface area (Å²) >= 11 is 11.5. The van der Waals surface area contributed by atoms with E-state index < -0.39 is 0 Å². The van der Waals surface area contributed by atoms with E-state index in [2.05, 4.69) is 30.6 Å². The van der Waals surface area contributed by atoms with E-state index in [0.717, 1.165) is 17.0 Å². The quantitative estimate of drug-likeness (QED) is 0.824. The molecule has 0 amide bonds. The van der Waals surface area contributed by atoms with Gasteiger partial charge in [-0.2, -0.15) is 0 Å². The van der Waals surface area contributed by atoms with Crippen molar-refractivity contribution in [3.05, 3.63) is 46.6 Å². The maximum Gasteiger partial charge on any atom is 0.171 e. The van der Waals surface area contributed by atoms with Crippen LogP contribution in [0.4, 0.5) is 0 Å². The van der Waals surface area contributed by atoms with Crippen LogP contribution in [0.25, 0.3) is 6.08 Å². The minimum atomic E-state index is -0.162. The molecule has 0 spiro atoms. The van der Waals surface area contributed by atoms with Gasteiger partial charge in [0.05, 0.1) is 17.2 Å². The van der Waals surface area contributed by atoms with Crippen molar-refractivity contribution in [2.75, 3.05) is 6.61 Å². The normalized spacial score (nSPS) is 17.1. The molecule has 0 saturated carbocycles. The Morgan fingerprint density at radius 1 is 1.33 bits per heavy atom. The van der Waals surface area contributed by atoms with Gasteiger partial charge in [-0.15, -0.1) is 0 Å². The molecule has 3 nitrogen and oxygen atoms in total. The van der Waals surface area contributed by atoms with Gasteiger partial charge in [0.2, 0.25) is 0 Å². The molecule has 1 aliphatic heterocycles. The summed E-state index contributed by atoms with van der Waals surface area (Å²) in [4.78, 5) is 0. The summed E-state index contributed by atoms with van der Waals surface area (Å²) in [6.45, 7) is 6.71. The third kappa shape index (κ3) is 4.48. The Hall–Kier alpha value is -1.52. The van der Waals surface area contributed by atoms with E-state index in [1.807, 2.05) is 37.3 Å². The summed E-state index contributed by atoms with van der Waals surface area (Å²) in [5.74, 6) is 0.779. The Bertz CT molecular complexity index is 608. The SMILES string of the molecule is CCOc1ccc(C=CC2=CC(C)(C)NC(=S)N2)c(Cl)c1. The van der Waals surface area contributed by atoms with Gasteiger partial charge in [0.15, 0.2) is 5.11 Å². The van der Waals surface area contributed by atoms with Gasteiger partial charge in [-0.25, -0.2) is 0 Å². The lowest BCUT2D eigenvalue weighted by molar-refractivity contribution is 0.340. The topological polar surface area (TPSA) is 33.3 Å². The number of ether oxygens (including phenoxy) is 1. The second-order valence-electron chi connectivity index (χ2n) is 5.35. The molecule has 0 aromatic heterocycles. The van der Waals surface area contributed by atoms with Crippen molar-refractivity contribution in [1.82, 2.24) is 10.6 Å². The number of allylic oxidation sites excluding steroid dienone is 1. The average molecular weight is 323 g/mol. The largest absolute Gasteiger partial charge is 0.494 e. The standard InChI is InChI=1S/C16H19ClN2OS/c1-4-20-13-8-6-11(14(17)9-13)5-7-12-10-16(2,3)19-15(21)18-12/h5-10H,4H2,1-3H3,(H2,18,19,21). The van der Waals surface area contributed by atoms with E-state index >= 15 is 0 Å². The van der Waals surface area contributed by atoms with Crippen LogP contribution < -0.4 is 15.4 Å². The van der Waals surface area contributed by atoms with Gasteiger partial charge in [-0.1, -0.05) is 17.7 Å². The number of rotatable bonds is 4. The van der Waals surface area contributed by atoms with Gasteiger partial charge in [-0.3, -0.25) is 0 Å². The lowest BCUT2D eigenvalue weighted by atomic mass is 10.0. The first-order chi connectivity index (χ1) is 9.89. The summed E-state index contributed by atoms with van der Waals surface area (Å²) in [6, 6.07) is 5.67. The van der Waals surface area contributed by atoms with Crippen molar-refractivity contribution in [3.8, 4) is 5.75 Å². The average Bonchev–Trinajstić information content (AvgIpc) is 2.35. The fourth-order valence-electron chi connectivity index (χ4n) is 2.08.